The average molecular weight is 262 g/mol. The van der Waals surface area contributed by atoms with Gasteiger partial charge < -0.3 is 10.2 Å². The number of amides is 2. The highest BCUT2D eigenvalue weighted by Gasteiger charge is 2.12. The van der Waals surface area contributed by atoms with Crippen LogP contribution in [-0.2, 0) is 13.0 Å². The fourth-order valence-electron chi connectivity index (χ4n) is 2.00. The molecule has 106 valence electrons. The van der Waals surface area contributed by atoms with E-state index in [2.05, 4.69) is 50.4 Å². The van der Waals surface area contributed by atoms with Gasteiger partial charge in [0.1, 0.15) is 0 Å². The van der Waals surface area contributed by atoms with Crippen LogP contribution in [0.4, 0.5) is 4.79 Å². The number of nitrogens with zero attached hydrogens (tertiary/aromatic N) is 1. The zero-order valence-electron chi connectivity index (χ0n) is 12.6. The Kier molecular flexibility index (Phi) is 6.40. The Morgan fingerprint density at radius 1 is 1.11 bits per heavy atom. The van der Waals surface area contributed by atoms with Crippen LogP contribution in [0.25, 0.3) is 0 Å². The van der Waals surface area contributed by atoms with Crippen molar-refractivity contribution >= 4 is 6.03 Å². The number of benzene rings is 1. The molecule has 1 aromatic rings. The molecule has 0 aliphatic carbocycles. The molecule has 3 nitrogen and oxygen atoms in total. The van der Waals surface area contributed by atoms with E-state index < -0.39 is 0 Å². The summed E-state index contributed by atoms with van der Waals surface area (Å²) in [7, 11) is 1.84. The van der Waals surface area contributed by atoms with E-state index in [-0.39, 0.29) is 12.1 Å². The molecule has 2 amide bonds. The minimum Gasteiger partial charge on any atom is -0.335 e. The Bertz CT molecular complexity index is 382. The van der Waals surface area contributed by atoms with Gasteiger partial charge in [0.2, 0.25) is 0 Å². The summed E-state index contributed by atoms with van der Waals surface area (Å²) in [5.74, 6) is 0. The van der Waals surface area contributed by atoms with E-state index in [1.807, 2.05) is 7.05 Å². The molecule has 19 heavy (non-hydrogen) atoms. The van der Waals surface area contributed by atoms with Crippen LogP contribution in [0.15, 0.2) is 24.3 Å². The Morgan fingerprint density at radius 3 is 2.11 bits per heavy atom. The van der Waals surface area contributed by atoms with Gasteiger partial charge in [0.25, 0.3) is 0 Å². The maximum absolute atomic E-state index is 12.0. The molecule has 1 aromatic carbocycles. The lowest BCUT2D eigenvalue weighted by Crippen LogP contribution is -2.42. The molecule has 0 saturated carbocycles. The fourth-order valence-corrected chi connectivity index (χ4v) is 2.00. The molecule has 3 heteroatoms. The molecule has 0 aromatic heterocycles. The highest BCUT2D eigenvalue weighted by Crippen LogP contribution is 2.08. The van der Waals surface area contributed by atoms with Crippen LogP contribution < -0.4 is 5.32 Å². The van der Waals surface area contributed by atoms with E-state index in [1.165, 1.54) is 11.1 Å². The molecular formula is C16H26N2O. The van der Waals surface area contributed by atoms with Crippen LogP contribution in [-0.4, -0.2) is 24.0 Å². The smallest absolute Gasteiger partial charge is 0.317 e. The minimum absolute atomic E-state index is 0.00766. The summed E-state index contributed by atoms with van der Waals surface area (Å²) in [6, 6.07) is 8.73. The molecule has 1 N–H and O–H groups in total. The second-order valence-electron chi connectivity index (χ2n) is 4.99. The van der Waals surface area contributed by atoms with E-state index >= 15 is 0 Å². The summed E-state index contributed by atoms with van der Waals surface area (Å²) < 4.78 is 0. The van der Waals surface area contributed by atoms with Gasteiger partial charge in [0.05, 0.1) is 0 Å². The molecule has 0 spiro atoms. The molecule has 0 bridgehead atoms. The summed E-state index contributed by atoms with van der Waals surface area (Å²) in [5, 5.41) is 3.05. The Balaban J connectivity index is 2.53. The van der Waals surface area contributed by atoms with Crippen LogP contribution in [0.3, 0.4) is 0 Å². The summed E-state index contributed by atoms with van der Waals surface area (Å²) in [6.45, 7) is 6.98. The van der Waals surface area contributed by atoms with Gasteiger partial charge in [-0.3, -0.25) is 0 Å². The third kappa shape index (κ3) is 4.93. The van der Waals surface area contributed by atoms with Crippen molar-refractivity contribution in [2.75, 3.05) is 7.05 Å². The molecule has 0 fully saturated rings. The number of carbonyl (C=O) groups is 1. The predicted molar refractivity (Wildman–Crippen MR) is 80.2 cm³/mol. The molecule has 0 heterocycles. The van der Waals surface area contributed by atoms with Crippen molar-refractivity contribution in [2.24, 2.45) is 0 Å². The number of hydrogen-bond acceptors (Lipinski definition) is 1. The van der Waals surface area contributed by atoms with Gasteiger partial charge in [-0.2, -0.15) is 0 Å². The van der Waals surface area contributed by atoms with E-state index in [0.717, 1.165) is 19.3 Å². The molecule has 0 saturated heterocycles. The van der Waals surface area contributed by atoms with Gasteiger partial charge >= 0.3 is 6.03 Å². The van der Waals surface area contributed by atoms with Gasteiger partial charge in [-0.1, -0.05) is 45.0 Å². The molecule has 0 atom stereocenters. The fraction of sp³-hybridized carbons (Fsp3) is 0.562. The number of urea groups is 1. The standard InChI is InChI=1S/C16H26N2O/c1-5-13-8-10-14(11-9-13)12-18(4)16(19)17-15(6-2)7-3/h8-11,15H,5-7,12H2,1-4H3,(H,17,19). The third-order valence-electron chi connectivity index (χ3n) is 3.51. The van der Waals surface area contributed by atoms with Gasteiger partial charge in [0.15, 0.2) is 0 Å². The number of nitrogens with one attached hydrogen (secondary N) is 1. The van der Waals surface area contributed by atoms with Crippen molar-refractivity contribution in [3.8, 4) is 0 Å². The summed E-state index contributed by atoms with van der Waals surface area (Å²) in [4.78, 5) is 13.7. The zero-order chi connectivity index (χ0) is 14.3. The monoisotopic (exact) mass is 262 g/mol. The van der Waals surface area contributed by atoms with Gasteiger partial charge in [0, 0.05) is 19.6 Å². The van der Waals surface area contributed by atoms with E-state index in [4.69, 9.17) is 0 Å². The zero-order valence-corrected chi connectivity index (χ0v) is 12.6. The average Bonchev–Trinajstić information content (AvgIpc) is 2.45. The maximum Gasteiger partial charge on any atom is 0.317 e. The van der Waals surface area contributed by atoms with Gasteiger partial charge in [-0.15, -0.1) is 0 Å². The van der Waals surface area contributed by atoms with Gasteiger partial charge in [-0.25, -0.2) is 4.79 Å². The van der Waals surface area contributed by atoms with Crippen LogP contribution in [0.1, 0.15) is 44.7 Å². The first-order valence-electron chi connectivity index (χ1n) is 7.20. The minimum atomic E-state index is 0.00766. The van der Waals surface area contributed by atoms with E-state index in [1.54, 1.807) is 4.90 Å². The number of carbonyl (C=O) groups excluding carboxylic acids is 1. The largest absolute Gasteiger partial charge is 0.335 e. The quantitative estimate of drug-likeness (QED) is 0.835. The molecule has 0 unspecified atom stereocenters. The Labute approximate surface area is 117 Å². The summed E-state index contributed by atoms with van der Waals surface area (Å²) in [5.41, 5.74) is 2.49. The first kappa shape index (κ1) is 15.5. The van der Waals surface area contributed by atoms with E-state index in [0.29, 0.717) is 6.54 Å². The van der Waals surface area contributed by atoms with Crippen molar-refractivity contribution < 1.29 is 4.79 Å². The number of hydrogen-bond donors (Lipinski definition) is 1. The Hall–Kier alpha value is -1.51. The first-order chi connectivity index (χ1) is 9.10. The predicted octanol–water partition coefficient (Wildman–Crippen LogP) is 3.58. The van der Waals surface area contributed by atoms with Gasteiger partial charge in [-0.05, 0) is 30.4 Å². The molecule has 0 aliphatic heterocycles. The maximum atomic E-state index is 12.0. The highest BCUT2D eigenvalue weighted by atomic mass is 16.2. The lowest BCUT2D eigenvalue weighted by molar-refractivity contribution is 0.202. The SMILES string of the molecule is CCc1ccc(CN(C)C(=O)NC(CC)CC)cc1. The first-order valence-corrected chi connectivity index (χ1v) is 7.20. The van der Waals surface area contributed by atoms with Crippen molar-refractivity contribution in [2.45, 2.75) is 52.6 Å². The molecule has 0 radical (unpaired) electrons. The normalized spacial score (nSPS) is 10.6. The lowest BCUT2D eigenvalue weighted by atomic mass is 10.1. The highest BCUT2D eigenvalue weighted by molar-refractivity contribution is 5.74. The van der Waals surface area contributed by atoms with Crippen LogP contribution in [0.2, 0.25) is 0 Å². The number of rotatable bonds is 6. The second-order valence-corrected chi connectivity index (χ2v) is 4.99. The Morgan fingerprint density at radius 2 is 1.63 bits per heavy atom. The van der Waals surface area contributed by atoms with Crippen molar-refractivity contribution in [3.05, 3.63) is 35.4 Å². The number of aryl methyl sites for hydroxylation is 1. The van der Waals surface area contributed by atoms with Crippen molar-refractivity contribution in [1.29, 1.82) is 0 Å². The van der Waals surface area contributed by atoms with Crippen molar-refractivity contribution in [1.82, 2.24) is 10.2 Å². The van der Waals surface area contributed by atoms with Crippen LogP contribution in [0.5, 0.6) is 0 Å². The van der Waals surface area contributed by atoms with Crippen LogP contribution in [0, 0.1) is 0 Å². The van der Waals surface area contributed by atoms with Crippen molar-refractivity contribution in [3.63, 3.8) is 0 Å². The third-order valence-corrected chi connectivity index (χ3v) is 3.51. The molecule has 1 rings (SSSR count). The lowest BCUT2D eigenvalue weighted by Gasteiger charge is -2.22. The topological polar surface area (TPSA) is 32.3 Å². The molecular weight excluding hydrogens is 236 g/mol. The second kappa shape index (κ2) is 7.82. The van der Waals surface area contributed by atoms with Crippen LogP contribution >= 0.6 is 0 Å². The summed E-state index contributed by atoms with van der Waals surface area (Å²) in [6.07, 6.45) is 2.99. The van der Waals surface area contributed by atoms with E-state index in [9.17, 15) is 4.79 Å². The molecule has 0 aliphatic rings. The summed E-state index contributed by atoms with van der Waals surface area (Å²) >= 11 is 0.